The van der Waals surface area contributed by atoms with E-state index in [1.54, 1.807) is 6.92 Å². The topological polar surface area (TPSA) is 58.9 Å². The average molecular weight is 262 g/mol. The van der Waals surface area contributed by atoms with Crippen molar-refractivity contribution < 1.29 is 19.7 Å². The molecule has 0 saturated carbocycles. The molecule has 0 radical (unpaired) electrons. The maximum atomic E-state index is 9.50. The van der Waals surface area contributed by atoms with Crippen LogP contribution in [0.2, 0.25) is 0 Å². The fourth-order valence-corrected chi connectivity index (χ4v) is 1.63. The van der Waals surface area contributed by atoms with Gasteiger partial charge in [0, 0.05) is 6.61 Å². The monoisotopic (exact) mass is 262 g/mol. The van der Waals surface area contributed by atoms with E-state index in [2.05, 4.69) is 6.92 Å². The van der Waals surface area contributed by atoms with E-state index >= 15 is 0 Å². The minimum atomic E-state index is -0.594. The van der Waals surface area contributed by atoms with Gasteiger partial charge in [-0.1, -0.05) is 39.0 Å². The number of aliphatic hydroxyl groups is 2. The molecule has 4 heteroatoms. The fourth-order valence-electron chi connectivity index (χ4n) is 1.63. The van der Waals surface area contributed by atoms with Crippen molar-refractivity contribution in [3.05, 3.63) is 0 Å². The highest BCUT2D eigenvalue weighted by molar-refractivity contribution is 4.53. The third-order valence-corrected chi connectivity index (χ3v) is 2.62. The summed E-state index contributed by atoms with van der Waals surface area (Å²) in [6, 6.07) is 0. The molecular weight excluding hydrogens is 232 g/mol. The molecule has 0 fully saturated rings. The van der Waals surface area contributed by atoms with Crippen molar-refractivity contribution in [2.45, 2.75) is 64.6 Å². The maximum absolute atomic E-state index is 9.50. The van der Waals surface area contributed by atoms with Crippen molar-refractivity contribution in [2.24, 2.45) is 0 Å². The van der Waals surface area contributed by atoms with E-state index in [0.29, 0.717) is 13.2 Å². The standard InChI is InChI=1S/C14H30O4/c1-3-4-5-6-7-8-9-17-11-14(16)12-18-10-13(2)15/h13-16H,3-12H2,1-2H3. The Morgan fingerprint density at radius 1 is 0.833 bits per heavy atom. The van der Waals surface area contributed by atoms with Gasteiger partial charge in [-0.25, -0.2) is 0 Å². The summed E-state index contributed by atoms with van der Waals surface area (Å²) in [5.41, 5.74) is 0. The van der Waals surface area contributed by atoms with Gasteiger partial charge < -0.3 is 19.7 Å². The molecule has 0 rings (SSSR count). The Bertz CT molecular complexity index is 162. The van der Waals surface area contributed by atoms with Gasteiger partial charge >= 0.3 is 0 Å². The lowest BCUT2D eigenvalue weighted by atomic mass is 10.1. The molecule has 0 bridgehead atoms. The van der Waals surface area contributed by atoms with Gasteiger partial charge in [-0.05, 0) is 13.3 Å². The second kappa shape index (κ2) is 13.3. The summed E-state index contributed by atoms with van der Waals surface area (Å²) in [5.74, 6) is 0. The molecule has 0 aromatic heterocycles. The molecule has 4 nitrogen and oxygen atoms in total. The summed E-state index contributed by atoms with van der Waals surface area (Å²) in [4.78, 5) is 0. The second-order valence-electron chi connectivity index (χ2n) is 4.88. The SMILES string of the molecule is CCCCCCCCOCC(O)COCC(C)O. The summed E-state index contributed by atoms with van der Waals surface area (Å²) >= 11 is 0. The molecule has 2 unspecified atom stereocenters. The third-order valence-electron chi connectivity index (χ3n) is 2.62. The summed E-state index contributed by atoms with van der Waals surface area (Å²) in [6.45, 7) is 5.37. The van der Waals surface area contributed by atoms with E-state index in [4.69, 9.17) is 14.6 Å². The molecule has 110 valence electrons. The quantitative estimate of drug-likeness (QED) is 0.499. The van der Waals surface area contributed by atoms with Crippen LogP contribution in [0.5, 0.6) is 0 Å². The van der Waals surface area contributed by atoms with Crippen LogP contribution in [0.15, 0.2) is 0 Å². The van der Waals surface area contributed by atoms with Gasteiger partial charge in [0.05, 0.1) is 25.9 Å². The van der Waals surface area contributed by atoms with Crippen molar-refractivity contribution in [3.63, 3.8) is 0 Å². The zero-order valence-corrected chi connectivity index (χ0v) is 11.9. The normalized spacial score (nSPS) is 14.7. The van der Waals surface area contributed by atoms with Gasteiger partial charge in [0.25, 0.3) is 0 Å². The largest absolute Gasteiger partial charge is 0.391 e. The molecule has 2 atom stereocenters. The van der Waals surface area contributed by atoms with E-state index in [1.807, 2.05) is 0 Å². The first-order valence-electron chi connectivity index (χ1n) is 7.18. The lowest BCUT2D eigenvalue weighted by molar-refractivity contribution is -0.0368. The highest BCUT2D eigenvalue weighted by Crippen LogP contribution is 2.05. The minimum absolute atomic E-state index is 0.224. The van der Waals surface area contributed by atoms with Gasteiger partial charge in [0.1, 0.15) is 6.10 Å². The lowest BCUT2D eigenvalue weighted by Crippen LogP contribution is -2.24. The van der Waals surface area contributed by atoms with Crippen LogP contribution in [0.4, 0.5) is 0 Å². The van der Waals surface area contributed by atoms with Gasteiger partial charge in [-0.15, -0.1) is 0 Å². The first-order valence-corrected chi connectivity index (χ1v) is 7.18. The predicted octanol–water partition coefficient (Wildman–Crippen LogP) is 2.12. The van der Waals surface area contributed by atoms with Gasteiger partial charge in [0.15, 0.2) is 0 Å². The first-order chi connectivity index (χ1) is 8.66. The van der Waals surface area contributed by atoms with Crippen molar-refractivity contribution >= 4 is 0 Å². The molecule has 0 aromatic carbocycles. The minimum Gasteiger partial charge on any atom is -0.391 e. The van der Waals surface area contributed by atoms with Crippen LogP contribution in [0, 0.1) is 0 Å². The number of aliphatic hydroxyl groups excluding tert-OH is 2. The number of hydrogen-bond donors (Lipinski definition) is 2. The summed E-state index contributed by atoms with van der Waals surface area (Å²) in [6.07, 6.45) is 6.36. The second-order valence-corrected chi connectivity index (χ2v) is 4.88. The molecule has 0 amide bonds. The van der Waals surface area contributed by atoms with Crippen LogP contribution < -0.4 is 0 Å². The Kier molecular flexibility index (Phi) is 13.2. The molecule has 0 spiro atoms. The van der Waals surface area contributed by atoms with E-state index in [-0.39, 0.29) is 13.2 Å². The molecule has 0 heterocycles. The zero-order chi connectivity index (χ0) is 13.6. The highest BCUT2D eigenvalue weighted by Gasteiger charge is 2.05. The van der Waals surface area contributed by atoms with E-state index < -0.39 is 12.2 Å². The smallest absolute Gasteiger partial charge is 0.101 e. The Balaban J connectivity index is 3.12. The van der Waals surface area contributed by atoms with E-state index in [1.165, 1.54) is 32.1 Å². The number of hydrogen-bond acceptors (Lipinski definition) is 4. The van der Waals surface area contributed by atoms with E-state index in [9.17, 15) is 5.11 Å². The van der Waals surface area contributed by atoms with Gasteiger partial charge in [0.2, 0.25) is 0 Å². The third kappa shape index (κ3) is 13.9. The Morgan fingerprint density at radius 3 is 2.11 bits per heavy atom. The van der Waals surface area contributed by atoms with Crippen molar-refractivity contribution in [3.8, 4) is 0 Å². The van der Waals surface area contributed by atoms with Crippen molar-refractivity contribution in [1.29, 1.82) is 0 Å². The molecule has 0 aliphatic rings. The Labute approximate surface area is 111 Å². The first kappa shape index (κ1) is 17.8. The molecular formula is C14H30O4. The maximum Gasteiger partial charge on any atom is 0.101 e. The van der Waals surface area contributed by atoms with Crippen LogP contribution in [0.3, 0.4) is 0 Å². The van der Waals surface area contributed by atoms with Gasteiger partial charge in [-0.2, -0.15) is 0 Å². The molecule has 0 aliphatic heterocycles. The Hall–Kier alpha value is -0.160. The average Bonchev–Trinajstić information content (AvgIpc) is 2.32. The van der Waals surface area contributed by atoms with Crippen LogP contribution >= 0.6 is 0 Å². The lowest BCUT2D eigenvalue weighted by Gasteiger charge is -2.12. The summed E-state index contributed by atoms with van der Waals surface area (Å²) < 4.78 is 10.5. The van der Waals surface area contributed by atoms with Crippen LogP contribution in [-0.4, -0.2) is 48.8 Å². The molecule has 0 aromatic rings. The number of unbranched alkanes of at least 4 members (excludes halogenated alkanes) is 5. The summed E-state index contributed by atoms with van der Waals surface area (Å²) in [7, 11) is 0. The molecule has 2 N–H and O–H groups in total. The zero-order valence-electron chi connectivity index (χ0n) is 11.9. The van der Waals surface area contributed by atoms with E-state index in [0.717, 1.165) is 6.42 Å². The molecule has 18 heavy (non-hydrogen) atoms. The summed E-state index contributed by atoms with van der Waals surface area (Å²) in [5, 5.41) is 18.5. The van der Waals surface area contributed by atoms with Gasteiger partial charge in [-0.3, -0.25) is 0 Å². The Morgan fingerprint density at radius 2 is 1.44 bits per heavy atom. The fraction of sp³-hybridized carbons (Fsp3) is 1.00. The highest BCUT2D eigenvalue weighted by atomic mass is 16.5. The van der Waals surface area contributed by atoms with Crippen LogP contribution in [0.1, 0.15) is 52.4 Å². The number of rotatable bonds is 13. The number of ether oxygens (including phenoxy) is 2. The van der Waals surface area contributed by atoms with Crippen LogP contribution in [0.25, 0.3) is 0 Å². The van der Waals surface area contributed by atoms with Crippen LogP contribution in [-0.2, 0) is 9.47 Å². The van der Waals surface area contributed by atoms with Crippen molar-refractivity contribution in [2.75, 3.05) is 26.4 Å². The molecule has 0 aliphatic carbocycles. The molecule has 0 saturated heterocycles. The van der Waals surface area contributed by atoms with Crippen molar-refractivity contribution in [1.82, 2.24) is 0 Å². The predicted molar refractivity (Wildman–Crippen MR) is 72.7 cm³/mol.